The van der Waals surface area contributed by atoms with Gasteiger partial charge in [-0.05, 0) is 68.2 Å². The van der Waals surface area contributed by atoms with E-state index in [1.54, 1.807) is 13.1 Å². The molecular weight excluding hydrogens is 483 g/mol. The van der Waals surface area contributed by atoms with Gasteiger partial charge in [0.25, 0.3) is 5.91 Å². The van der Waals surface area contributed by atoms with Crippen molar-refractivity contribution in [1.82, 2.24) is 19.7 Å². The predicted octanol–water partition coefficient (Wildman–Crippen LogP) is 5.11. The van der Waals surface area contributed by atoms with Gasteiger partial charge in [0.1, 0.15) is 0 Å². The van der Waals surface area contributed by atoms with Crippen molar-refractivity contribution in [3.05, 3.63) is 77.4 Å². The minimum atomic E-state index is -4.41. The molecule has 2 aromatic heterocycles. The molecule has 2 aliphatic rings. The summed E-state index contributed by atoms with van der Waals surface area (Å²) in [5, 5.41) is 7.03. The first kappa shape index (κ1) is 25.2. The normalized spacial score (nSPS) is 18.9. The van der Waals surface area contributed by atoms with Gasteiger partial charge < -0.3 is 10.1 Å². The van der Waals surface area contributed by atoms with Crippen LogP contribution in [0.4, 0.5) is 18.9 Å². The molecule has 0 saturated carbocycles. The summed E-state index contributed by atoms with van der Waals surface area (Å²) in [6.07, 6.45) is 3.95. The largest absolute Gasteiger partial charge is 0.416 e. The average molecular weight is 512 g/mol. The Bertz CT molecular complexity index is 1280. The van der Waals surface area contributed by atoms with Gasteiger partial charge in [0.2, 0.25) is 0 Å². The number of halogens is 3. The smallest absolute Gasteiger partial charge is 0.379 e. The van der Waals surface area contributed by atoms with E-state index in [9.17, 15) is 18.0 Å². The molecule has 0 bridgehead atoms. The van der Waals surface area contributed by atoms with Gasteiger partial charge in [-0.2, -0.15) is 18.3 Å². The summed E-state index contributed by atoms with van der Waals surface area (Å²) >= 11 is 0. The fourth-order valence-corrected chi connectivity index (χ4v) is 4.87. The topological polar surface area (TPSA) is 72.3 Å². The monoisotopic (exact) mass is 511 g/mol. The van der Waals surface area contributed by atoms with Crippen LogP contribution in [0.5, 0.6) is 0 Å². The van der Waals surface area contributed by atoms with E-state index in [0.29, 0.717) is 28.7 Å². The zero-order valence-corrected chi connectivity index (χ0v) is 20.5. The molecule has 7 nitrogen and oxygen atoms in total. The number of alkyl halides is 3. The van der Waals surface area contributed by atoms with Gasteiger partial charge in [-0.15, -0.1) is 0 Å². The number of benzene rings is 1. The molecule has 0 spiro atoms. The zero-order valence-electron chi connectivity index (χ0n) is 20.5. The molecule has 10 heteroatoms. The third-order valence-electron chi connectivity index (χ3n) is 6.99. The highest BCUT2D eigenvalue weighted by atomic mass is 19.4. The van der Waals surface area contributed by atoms with Gasteiger partial charge in [0.05, 0.1) is 59.5 Å². The van der Waals surface area contributed by atoms with Crippen LogP contribution in [0, 0.1) is 6.92 Å². The molecule has 1 aliphatic carbocycles. The third kappa shape index (κ3) is 5.60. The van der Waals surface area contributed by atoms with E-state index in [-0.39, 0.29) is 5.91 Å². The molecule has 1 aliphatic heterocycles. The molecule has 1 atom stereocenters. The molecule has 3 aromatic rings. The van der Waals surface area contributed by atoms with E-state index in [1.165, 1.54) is 28.6 Å². The summed E-state index contributed by atoms with van der Waals surface area (Å²) in [6, 6.07) is 8.94. The molecule has 1 saturated heterocycles. The van der Waals surface area contributed by atoms with Crippen LogP contribution in [-0.2, 0) is 10.9 Å². The van der Waals surface area contributed by atoms with Gasteiger partial charge in [-0.25, -0.2) is 4.68 Å². The standard InChI is InChI=1S/C27H28F3N5O2/c1-18-24(17-32-35(18)23-9-4-20(5-10-23)27(28,29)30)26(36)33-21-6-11-25(31-16-21)19-2-7-22(8-3-19)34-12-14-37-15-13-34/h2,4-6,9-11,16-17,22H,3,7-8,12-15H2,1H3,(H,33,36). The maximum absolute atomic E-state index is 12.9. The molecule has 194 valence electrons. The number of allylic oxidation sites excluding steroid dienone is 1. The van der Waals surface area contributed by atoms with Crippen molar-refractivity contribution >= 4 is 17.2 Å². The summed E-state index contributed by atoms with van der Waals surface area (Å²) in [5.74, 6) is -0.365. The highest BCUT2D eigenvalue weighted by Gasteiger charge is 2.30. The highest BCUT2D eigenvalue weighted by Crippen LogP contribution is 2.31. The summed E-state index contributed by atoms with van der Waals surface area (Å²) in [7, 11) is 0. The fourth-order valence-electron chi connectivity index (χ4n) is 4.87. The van der Waals surface area contributed by atoms with Crippen LogP contribution in [-0.4, -0.2) is 57.9 Å². The minimum Gasteiger partial charge on any atom is -0.379 e. The van der Waals surface area contributed by atoms with Crippen LogP contribution < -0.4 is 5.32 Å². The Hall–Kier alpha value is -3.50. The number of pyridine rings is 1. The number of nitrogens with one attached hydrogen (secondary N) is 1. The van der Waals surface area contributed by atoms with Crippen molar-refractivity contribution in [1.29, 1.82) is 0 Å². The highest BCUT2D eigenvalue weighted by molar-refractivity contribution is 6.04. The van der Waals surface area contributed by atoms with Crippen molar-refractivity contribution in [3.63, 3.8) is 0 Å². The lowest BCUT2D eigenvalue weighted by atomic mass is 9.92. The number of carbonyl (C=O) groups is 1. The molecule has 1 N–H and O–H groups in total. The molecule has 1 unspecified atom stereocenters. The Kier molecular flexibility index (Phi) is 7.12. The number of carbonyl (C=O) groups excluding carboxylic acids is 1. The van der Waals surface area contributed by atoms with E-state index < -0.39 is 11.7 Å². The van der Waals surface area contributed by atoms with Crippen LogP contribution >= 0.6 is 0 Å². The number of hydrogen-bond acceptors (Lipinski definition) is 5. The third-order valence-corrected chi connectivity index (χ3v) is 6.99. The van der Waals surface area contributed by atoms with Crippen molar-refractivity contribution in [2.24, 2.45) is 0 Å². The molecule has 1 amide bonds. The Morgan fingerprint density at radius 3 is 2.46 bits per heavy atom. The van der Waals surface area contributed by atoms with Crippen molar-refractivity contribution < 1.29 is 22.7 Å². The van der Waals surface area contributed by atoms with Gasteiger partial charge in [-0.3, -0.25) is 14.7 Å². The van der Waals surface area contributed by atoms with Crippen LogP contribution in [0.2, 0.25) is 0 Å². The van der Waals surface area contributed by atoms with Crippen LogP contribution in [0.3, 0.4) is 0 Å². The summed E-state index contributed by atoms with van der Waals surface area (Å²) < 4.78 is 45.4. The van der Waals surface area contributed by atoms with Crippen molar-refractivity contribution in [2.75, 3.05) is 31.6 Å². The second-order valence-corrected chi connectivity index (χ2v) is 9.29. The number of ether oxygens (including phenoxy) is 1. The minimum absolute atomic E-state index is 0.327. The quantitative estimate of drug-likeness (QED) is 0.515. The van der Waals surface area contributed by atoms with Crippen molar-refractivity contribution in [3.8, 4) is 5.69 Å². The number of amides is 1. The van der Waals surface area contributed by atoms with Gasteiger partial charge in [0.15, 0.2) is 0 Å². The number of aromatic nitrogens is 3. The molecule has 1 aromatic carbocycles. The zero-order chi connectivity index (χ0) is 26.0. The maximum Gasteiger partial charge on any atom is 0.416 e. The molecule has 37 heavy (non-hydrogen) atoms. The summed E-state index contributed by atoms with van der Waals surface area (Å²) in [6.45, 7) is 5.28. The fraction of sp³-hybridized carbons (Fsp3) is 0.370. The van der Waals surface area contributed by atoms with Crippen LogP contribution in [0.25, 0.3) is 11.3 Å². The molecule has 3 heterocycles. The van der Waals surface area contributed by atoms with Crippen molar-refractivity contribution in [2.45, 2.75) is 38.4 Å². The van der Waals surface area contributed by atoms with Gasteiger partial charge in [-0.1, -0.05) is 6.08 Å². The Morgan fingerprint density at radius 1 is 1.08 bits per heavy atom. The van der Waals surface area contributed by atoms with Gasteiger partial charge >= 0.3 is 6.18 Å². The Balaban J connectivity index is 1.22. The first-order valence-corrected chi connectivity index (χ1v) is 12.3. The molecular formula is C27H28F3N5O2. The second-order valence-electron chi connectivity index (χ2n) is 9.29. The lowest BCUT2D eigenvalue weighted by molar-refractivity contribution is -0.137. The molecule has 1 fully saturated rings. The first-order valence-electron chi connectivity index (χ1n) is 12.3. The van der Waals surface area contributed by atoms with Crippen LogP contribution in [0.15, 0.2) is 54.9 Å². The average Bonchev–Trinajstić information content (AvgIpc) is 3.30. The number of anilines is 1. The van der Waals surface area contributed by atoms with E-state index in [0.717, 1.165) is 63.4 Å². The SMILES string of the molecule is Cc1c(C(=O)Nc2ccc(C3=CCC(N4CCOCC4)CC3)nc2)cnn1-c1ccc(C(F)(F)F)cc1. The second kappa shape index (κ2) is 10.5. The summed E-state index contributed by atoms with van der Waals surface area (Å²) in [5.41, 5.74) is 3.22. The Labute approximate surface area is 212 Å². The number of rotatable bonds is 5. The van der Waals surface area contributed by atoms with E-state index in [1.807, 2.05) is 12.1 Å². The van der Waals surface area contributed by atoms with Gasteiger partial charge in [0, 0.05) is 19.1 Å². The van der Waals surface area contributed by atoms with Crippen LogP contribution in [0.1, 0.15) is 46.6 Å². The summed E-state index contributed by atoms with van der Waals surface area (Å²) in [4.78, 5) is 19.9. The number of hydrogen-bond donors (Lipinski definition) is 1. The molecule has 5 rings (SSSR count). The Morgan fingerprint density at radius 2 is 1.84 bits per heavy atom. The first-order chi connectivity index (χ1) is 17.8. The lowest BCUT2D eigenvalue weighted by Gasteiger charge is -2.36. The van der Waals surface area contributed by atoms with E-state index in [2.05, 4.69) is 26.4 Å². The predicted molar refractivity (Wildman–Crippen MR) is 134 cm³/mol. The number of nitrogens with zero attached hydrogens (tertiary/aromatic N) is 4. The molecule has 0 radical (unpaired) electrons. The van der Waals surface area contributed by atoms with E-state index in [4.69, 9.17) is 4.74 Å². The lowest BCUT2D eigenvalue weighted by Crippen LogP contribution is -2.43. The maximum atomic E-state index is 12.9. The number of morpholine rings is 1. The van der Waals surface area contributed by atoms with E-state index >= 15 is 0 Å².